The number of amidine groups is 1. The molecule has 0 rings (SSSR count). The fourth-order valence-electron chi connectivity index (χ4n) is 1.24. The molecular formula is C10H14N2O4. The molecule has 16 heavy (non-hydrogen) atoms. The van der Waals surface area contributed by atoms with E-state index in [1.165, 1.54) is 6.92 Å². The number of hydrogen-bond donors (Lipinski definition) is 2. The van der Waals surface area contributed by atoms with E-state index in [-0.39, 0.29) is 5.57 Å². The van der Waals surface area contributed by atoms with E-state index in [4.69, 9.17) is 5.41 Å². The zero-order valence-electron chi connectivity index (χ0n) is 9.62. The van der Waals surface area contributed by atoms with Crippen LogP contribution in [0.4, 0.5) is 0 Å². The van der Waals surface area contributed by atoms with E-state index < -0.39 is 29.2 Å². The van der Waals surface area contributed by atoms with Gasteiger partial charge in [-0.1, -0.05) is 0 Å². The second-order valence-electron chi connectivity index (χ2n) is 3.24. The molecule has 2 amide bonds. The van der Waals surface area contributed by atoms with Crippen LogP contribution in [0, 0.1) is 5.41 Å². The maximum absolute atomic E-state index is 11.2. The summed E-state index contributed by atoms with van der Waals surface area (Å²) >= 11 is 0. The van der Waals surface area contributed by atoms with Gasteiger partial charge in [0.05, 0.1) is 5.57 Å². The summed E-state index contributed by atoms with van der Waals surface area (Å²) in [6.45, 7) is 4.55. The Hall–Kier alpha value is -1.98. The lowest BCUT2D eigenvalue weighted by atomic mass is 10.1. The molecular weight excluding hydrogens is 212 g/mol. The molecule has 0 fully saturated rings. The van der Waals surface area contributed by atoms with Crippen molar-refractivity contribution in [1.29, 1.82) is 5.41 Å². The van der Waals surface area contributed by atoms with Crippen molar-refractivity contribution in [2.24, 2.45) is 0 Å². The number of allylic oxidation sites excluding steroid dienone is 1. The van der Waals surface area contributed by atoms with Crippen LogP contribution in [0.5, 0.6) is 0 Å². The van der Waals surface area contributed by atoms with Crippen molar-refractivity contribution in [2.75, 3.05) is 0 Å². The number of ketones is 1. The summed E-state index contributed by atoms with van der Waals surface area (Å²) in [6, 6.07) is 0. The summed E-state index contributed by atoms with van der Waals surface area (Å²) in [5.41, 5.74) is -0.342. The van der Waals surface area contributed by atoms with Crippen molar-refractivity contribution in [3.63, 3.8) is 0 Å². The van der Waals surface area contributed by atoms with Gasteiger partial charge in [0.25, 0.3) is 0 Å². The van der Waals surface area contributed by atoms with Crippen LogP contribution in [0.25, 0.3) is 0 Å². The highest BCUT2D eigenvalue weighted by Crippen LogP contribution is 2.09. The van der Waals surface area contributed by atoms with Gasteiger partial charge in [-0.05, 0) is 13.8 Å². The van der Waals surface area contributed by atoms with Gasteiger partial charge in [-0.25, -0.2) is 4.90 Å². The minimum atomic E-state index is -0.683. The lowest BCUT2D eigenvalue weighted by molar-refractivity contribution is -0.137. The second kappa shape index (κ2) is 5.20. The van der Waals surface area contributed by atoms with Crippen molar-refractivity contribution in [2.45, 2.75) is 27.7 Å². The lowest BCUT2D eigenvalue weighted by Crippen LogP contribution is -2.40. The van der Waals surface area contributed by atoms with Gasteiger partial charge in [-0.3, -0.25) is 19.8 Å². The summed E-state index contributed by atoms with van der Waals surface area (Å²) in [6.07, 6.45) is 0. The van der Waals surface area contributed by atoms with Gasteiger partial charge in [0.15, 0.2) is 5.78 Å². The number of hydrogen-bond acceptors (Lipinski definition) is 5. The summed E-state index contributed by atoms with van der Waals surface area (Å²) < 4.78 is 0. The normalized spacial score (nSPS) is 11.5. The SMILES string of the molecule is CC(=O)C(C(=N)N(C(C)=O)C(C)=O)=C(C)O. The molecule has 0 atom stereocenters. The minimum Gasteiger partial charge on any atom is -0.512 e. The predicted octanol–water partition coefficient (Wildman–Crippen LogP) is 0.780. The Morgan fingerprint density at radius 1 is 1.00 bits per heavy atom. The van der Waals surface area contributed by atoms with Crippen LogP contribution < -0.4 is 0 Å². The monoisotopic (exact) mass is 226 g/mol. The Morgan fingerprint density at radius 2 is 1.38 bits per heavy atom. The van der Waals surface area contributed by atoms with E-state index in [2.05, 4.69) is 0 Å². The first-order valence-electron chi connectivity index (χ1n) is 4.51. The van der Waals surface area contributed by atoms with Crippen molar-refractivity contribution >= 4 is 23.4 Å². The highest BCUT2D eigenvalue weighted by Gasteiger charge is 2.26. The number of Topliss-reactive ketones (excluding diaryl/α,β-unsaturated/α-hetero) is 1. The van der Waals surface area contributed by atoms with Gasteiger partial charge in [0, 0.05) is 13.8 Å². The Bertz CT molecular complexity index is 378. The molecule has 6 heteroatoms. The summed E-state index contributed by atoms with van der Waals surface area (Å²) in [4.78, 5) is 33.9. The molecule has 0 radical (unpaired) electrons. The van der Waals surface area contributed by atoms with Gasteiger partial charge < -0.3 is 5.11 Å². The number of nitrogens with zero attached hydrogens (tertiary/aromatic N) is 1. The Kier molecular flexibility index (Phi) is 4.56. The highest BCUT2D eigenvalue weighted by atomic mass is 16.3. The first kappa shape index (κ1) is 14.0. The van der Waals surface area contributed by atoms with E-state index in [9.17, 15) is 19.5 Å². The van der Waals surface area contributed by atoms with Gasteiger partial charge in [0.1, 0.15) is 11.6 Å². The number of aliphatic hydroxyl groups is 1. The van der Waals surface area contributed by atoms with Crippen LogP contribution >= 0.6 is 0 Å². The molecule has 0 saturated heterocycles. The number of carbonyl (C=O) groups is 3. The van der Waals surface area contributed by atoms with Crippen LogP contribution in [-0.2, 0) is 14.4 Å². The molecule has 0 aliphatic heterocycles. The number of nitrogens with one attached hydrogen (secondary N) is 1. The van der Waals surface area contributed by atoms with E-state index in [0.29, 0.717) is 4.90 Å². The first-order valence-corrected chi connectivity index (χ1v) is 4.51. The molecule has 0 aromatic carbocycles. The van der Waals surface area contributed by atoms with Gasteiger partial charge in [0.2, 0.25) is 11.8 Å². The van der Waals surface area contributed by atoms with E-state index in [0.717, 1.165) is 20.8 Å². The first-order chi connectivity index (χ1) is 7.20. The van der Waals surface area contributed by atoms with Crippen LogP contribution in [-0.4, -0.2) is 33.4 Å². The summed E-state index contributed by atoms with van der Waals surface area (Å²) in [5.74, 6) is -2.95. The molecule has 0 heterocycles. The van der Waals surface area contributed by atoms with Gasteiger partial charge in [-0.15, -0.1) is 0 Å². The molecule has 0 aromatic rings. The molecule has 0 aliphatic carbocycles. The van der Waals surface area contributed by atoms with Crippen LogP contribution in [0.1, 0.15) is 27.7 Å². The molecule has 2 N–H and O–H groups in total. The standard InChI is InChI=1S/C10H14N2O4/c1-5(13)9(6(2)14)10(11)12(7(3)15)8(4)16/h11,13H,1-4H3. The number of aliphatic hydroxyl groups excluding tert-OH is 1. The average molecular weight is 226 g/mol. The van der Waals surface area contributed by atoms with E-state index >= 15 is 0 Å². The number of carbonyl (C=O) groups excluding carboxylic acids is 3. The molecule has 0 spiro atoms. The van der Waals surface area contributed by atoms with E-state index in [1.807, 2.05) is 0 Å². The Balaban J connectivity index is 5.48. The van der Waals surface area contributed by atoms with Crippen LogP contribution in [0.2, 0.25) is 0 Å². The van der Waals surface area contributed by atoms with Crippen molar-refractivity contribution in [3.05, 3.63) is 11.3 Å². The molecule has 0 aromatic heterocycles. The third-order valence-electron chi connectivity index (χ3n) is 1.80. The average Bonchev–Trinajstić information content (AvgIpc) is 1.99. The molecule has 6 nitrogen and oxygen atoms in total. The molecule has 0 aliphatic rings. The number of rotatable bonds is 2. The second-order valence-corrected chi connectivity index (χ2v) is 3.24. The van der Waals surface area contributed by atoms with Crippen molar-refractivity contribution < 1.29 is 19.5 Å². The largest absolute Gasteiger partial charge is 0.512 e. The van der Waals surface area contributed by atoms with Gasteiger partial charge >= 0.3 is 0 Å². The Morgan fingerprint density at radius 3 is 1.56 bits per heavy atom. The quantitative estimate of drug-likeness (QED) is 0.314. The van der Waals surface area contributed by atoms with Crippen molar-refractivity contribution in [1.82, 2.24) is 4.90 Å². The topological polar surface area (TPSA) is 98.5 Å². The summed E-state index contributed by atoms with van der Waals surface area (Å²) in [7, 11) is 0. The third-order valence-corrected chi connectivity index (χ3v) is 1.80. The fourth-order valence-corrected chi connectivity index (χ4v) is 1.24. The molecule has 0 unspecified atom stereocenters. The van der Waals surface area contributed by atoms with E-state index in [1.54, 1.807) is 0 Å². The lowest BCUT2D eigenvalue weighted by Gasteiger charge is -2.19. The van der Waals surface area contributed by atoms with Gasteiger partial charge in [-0.2, -0.15) is 0 Å². The molecule has 0 bridgehead atoms. The van der Waals surface area contributed by atoms with Crippen LogP contribution in [0.3, 0.4) is 0 Å². The molecule has 0 saturated carbocycles. The highest BCUT2D eigenvalue weighted by molar-refractivity contribution is 6.27. The zero-order chi connectivity index (χ0) is 13.0. The molecule has 88 valence electrons. The number of imide groups is 1. The Labute approximate surface area is 93.1 Å². The fraction of sp³-hybridized carbons (Fsp3) is 0.400. The summed E-state index contributed by atoms with van der Waals surface area (Å²) in [5, 5.41) is 16.8. The van der Waals surface area contributed by atoms with Crippen LogP contribution in [0.15, 0.2) is 11.3 Å². The predicted molar refractivity (Wildman–Crippen MR) is 56.9 cm³/mol. The maximum atomic E-state index is 11.2. The third kappa shape index (κ3) is 3.01. The minimum absolute atomic E-state index is 0.342. The maximum Gasteiger partial charge on any atom is 0.231 e. The zero-order valence-corrected chi connectivity index (χ0v) is 9.62. The van der Waals surface area contributed by atoms with Crippen molar-refractivity contribution in [3.8, 4) is 0 Å². The smallest absolute Gasteiger partial charge is 0.231 e. The number of amides is 2.